The summed E-state index contributed by atoms with van der Waals surface area (Å²) >= 11 is 0. The highest BCUT2D eigenvalue weighted by Gasteiger charge is 2.20. The standard InChI is InChI=1S/C11H19NO/c12-11-3-1-2-10(8-11)9-4-6-13-7-5-9/h8-9,11H,1-7,12H2. The molecular formula is C11H19NO. The largest absolute Gasteiger partial charge is 0.381 e. The fourth-order valence-electron chi connectivity index (χ4n) is 2.39. The van der Waals surface area contributed by atoms with Crippen LogP contribution in [-0.2, 0) is 4.74 Å². The van der Waals surface area contributed by atoms with Gasteiger partial charge >= 0.3 is 0 Å². The predicted octanol–water partition coefficient (Wildman–Crippen LogP) is 1.85. The van der Waals surface area contributed by atoms with E-state index in [0.29, 0.717) is 6.04 Å². The monoisotopic (exact) mass is 181 g/mol. The van der Waals surface area contributed by atoms with E-state index in [1.54, 1.807) is 5.57 Å². The molecule has 1 fully saturated rings. The van der Waals surface area contributed by atoms with Crippen LogP contribution in [-0.4, -0.2) is 19.3 Å². The van der Waals surface area contributed by atoms with E-state index in [4.69, 9.17) is 10.5 Å². The Labute approximate surface area is 80.1 Å². The van der Waals surface area contributed by atoms with Crippen molar-refractivity contribution in [2.75, 3.05) is 13.2 Å². The molecule has 0 spiro atoms. The summed E-state index contributed by atoms with van der Waals surface area (Å²) < 4.78 is 5.36. The summed E-state index contributed by atoms with van der Waals surface area (Å²) in [6.45, 7) is 1.88. The lowest BCUT2D eigenvalue weighted by atomic mass is 9.83. The van der Waals surface area contributed by atoms with Gasteiger partial charge in [-0.15, -0.1) is 0 Å². The minimum absolute atomic E-state index is 0.326. The van der Waals surface area contributed by atoms with Gasteiger partial charge in [0.05, 0.1) is 0 Å². The van der Waals surface area contributed by atoms with Crippen molar-refractivity contribution < 1.29 is 4.74 Å². The van der Waals surface area contributed by atoms with Crippen LogP contribution in [0.4, 0.5) is 0 Å². The Morgan fingerprint density at radius 1 is 1.23 bits per heavy atom. The zero-order valence-electron chi connectivity index (χ0n) is 8.17. The molecule has 2 nitrogen and oxygen atoms in total. The third kappa shape index (κ3) is 2.32. The van der Waals surface area contributed by atoms with Crippen molar-refractivity contribution in [3.05, 3.63) is 11.6 Å². The highest BCUT2D eigenvalue weighted by molar-refractivity contribution is 5.13. The van der Waals surface area contributed by atoms with E-state index in [9.17, 15) is 0 Å². The molecule has 2 rings (SSSR count). The van der Waals surface area contributed by atoms with Gasteiger partial charge in [-0.3, -0.25) is 0 Å². The van der Waals surface area contributed by atoms with Gasteiger partial charge in [-0.05, 0) is 38.0 Å². The van der Waals surface area contributed by atoms with Gasteiger partial charge in [0, 0.05) is 19.3 Å². The van der Waals surface area contributed by atoms with Crippen LogP contribution in [0.25, 0.3) is 0 Å². The lowest BCUT2D eigenvalue weighted by Gasteiger charge is -2.28. The molecule has 0 radical (unpaired) electrons. The molecule has 1 atom stereocenters. The second kappa shape index (κ2) is 4.25. The van der Waals surface area contributed by atoms with Crippen LogP contribution in [0.3, 0.4) is 0 Å². The molecule has 0 bridgehead atoms. The highest BCUT2D eigenvalue weighted by atomic mass is 16.5. The van der Waals surface area contributed by atoms with E-state index in [1.165, 1.54) is 32.1 Å². The van der Waals surface area contributed by atoms with Crippen LogP contribution in [0.15, 0.2) is 11.6 Å². The lowest BCUT2D eigenvalue weighted by molar-refractivity contribution is 0.0744. The van der Waals surface area contributed by atoms with Crippen molar-refractivity contribution in [2.24, 2.45) is 11.7 Å². The van der Waals surface area contributed by atoms with Crippen LogP contribution in [0.1, 0.15) is 32.1 Å². The van der Waals surface area contributed by atoms with Gasteiger partial charge in [0.1, 0.15) is 0 Å². The van der Waals surface area contributed by atoms with Gasteiger partial charge in [-0.2, -0.15) is 0 Å². The van der Waals surface area contributed by atoms with Gasteiger partial charge in [0.2, 0.25) is 0 Å². The average molecular weight is 181 g/mol. The number of ether oxygens (including phenoxy) is 1. The molecule has 2 N–H and O–H groups in total. The molecule has 1 heterocycles. The molecule has 2 aliphatic rings. The minimum atomic E-state index is 0.326. The third-order valence-electron chi connectivity index (χ3n) is 3.18. The van der Waals surface area contributed by atoms with E-state index in [1.807, 2.05) is 0 Å². The first-order chi connectivity index (χ1) is 6.36. The minimum Gasteiger partial charge on any atom is -0.381 e. The van der Waals surface area contributed by atoms with Gasteiger partial charge in [-0.25, -0.2) is 0 Å². The SMILES string of the molecule is NC1C=C(C2CCOCC2)CCC1. The Kier molecular flexibility index (Phi) is 3.01. The summed E-state index contributed by atoms with van der Waals surface area (Å²) in [5.41, 5.74) is 7.54. The molecule has 1 aliphatic carbocycles. The number of hydrogen-bond acceptors (Lipinski definition) is 2. The van der Waals surface area contributed by atoms with Gasteiger partial charge in [-0.1, -0.05) is 11.6 Å². The summed E-state index contributed by atoms with van der Waals surface area (Å²) in [6.07, 6.45) is 8.45. The van der Waals surface area contributed by atoms with E-state index in [-0.39, 0.29) is 0 Å². The van der Waals surface area contributed by atoms with Crippen molar-refractivity contribution >= 4 is 0 Å². The second-order valence-electron chi connectivity index (χ2n) is 4.18. The van der Waals surface area contributed by atoms with Crippen LogP contribution in [0.2, 0.25) is 0 Å². The maximum absolute atomic E-state index is 5.92. The van der Waals surface area contributed by atoms with Crippen LogP contribution in [0.5, 0.6) is 0 Å². The Morgan fingerprint density at radius 2 is 2.00 bits per heavy atom. The van der Waals surface area contributed by atoms with Crippen molar-refractivity contribution in [2.45, 2.75) is 38.1 Å². The summed E-state index contributed by atoms with van der Waals surface area (Å²) in [5, 5.41) is 0. The maximum atomic E-state index is 5.92. The Morgan fingerprint density at radius 3 is 2.69 bits per heavy atom. The van der Waals surface area contributed by atoms with Crippen molar-refractivity contribution in [1.29, 1.82) is 0 Å². The van der Waals surface area contributed by atoms with Crippen molar-refractivity contribution in [3.8, 4) is 0 Å². The Bertz CT molecular complexity index is 194. The zero-order chi connectivity index (χ0) is 9.10. The molecule has 2 heteroatoms. The molecule has 0 aromatic heterocycles. The molecule has 1 saturated heterocycles. The molecule has 0 saturated carbocycles. The fraction of sp³-hybridized carbons (Fsp3) is 0.818. The summed E-state index contributed by atoms with van der Waals surface area (Å²) in [6, 6.07) is 0.326. The van der Waals surface area contributed by atoms with Gasteiger partial charge in [0.15, 0.2) is 0 Å². The third-order valence-corrected chi connectivity index (χ3v) is 3.18. The van der Waals surface area contributed by atoms with Crippen LogP contribution < -0.4 is 5.73 Å². The summed E-state index contributed by atoms with van der Waals surface area (Å²) in [4.78, 5) is 0. The Hall–Kier alpha value is -0.340. The van der Waals surface area contributed by atoms with E-state index in [0.717, 1.165) is 19.1 Å². The summed E-state index contributed by atoms with van der Waals surface area (Å²) in [7, 11) is 0. The molecule has 1 aliphatic heterocycles. The quantitative estimate of drug-likeness (QED) is 0.627. The number of allylic oxidation sites excluding steroid dienone is 1. The molecule has 13 heavy (non-hydrogen) atoms. The molecule has 0 aromatic carbocycles. The molecule has 1 unspecified atom stereocenters. The average Bonchev–Trinajstić information content (AvgIpc) is 2.19. The number of rotatable bonds is 1. The first kappa shape index (κ1) is 9.22. The highest BCUT2D eigenvalue weighted by Crippen LogP contribution is 2.30. The first-order valence-corrected chi connectivity index (χ1v) is 5.40. The van der Waals surface area contributed by atoms with E-state index in [2.05, 4.69) is 6.08 Å². The van der Waals surface area contributed by atoms with Crippen molar-refractivity contribution in [1.82, 2.24) is 0 Å². The number of nitrogens with two attached hydrogens (primary N) is 1. The topological polar surface area (TPSA) is 35.2 Å². The van der Waals surface area contributed by atoms with Crippen LogP contribution in [0, 0.1) is 5.92 Å². The van der Waals surface area contributed by atoms with Crippen LogP contribution >= 0.6 is 0 Å². The van der Waals surface area contributed by atoms with Crippen molar-refractivity contribution in [3.63, 3.8) is 0 Å². The molecule has 0 amide bonds. The summed E-state index contributed by atoms with van der Waals surface area (Å²) in [5.74, 6) is 0.778. The predicted molar refractivity (Wildman–Crippen MR) is 53.5 cm³/mol. The lowest BCUT2D eigenvalue weighted by Crippen LogP contribution is -2.25. The van der Waals surface area contributed by atoms with Gasteiger partial charge < -0.3 is 10.5 Å². The molecule has 0 aromatic rings. The molecule has 74 valence electrons. The number of hydrogen-bond donors (Lipinski definition) is 1. The van der Waals surface area contributed by atoms with E-state index >= 15 is 0 Å². The fourth-order valence-corrected chi connectivity index (χ4v) is 2.39. The Balaban J connectivity index is 1.97. The maximum Gasteiger partial charge on any atom is 0.0471 e. The van der Waals surface area contributed by atoms with Gasteiger partial charge in [0.25, 0.3) is 0 Å². The van der Waals surface area contributed by atoms with E-state index < -0.39 is 0 Å². The second-order valence-corrected chi connectivity index (χ2v) is 4.18. The normalized spacial score (nSPS) is 31.5. The zero-order valence-corrected chi connectivity index (χ0v) is 8.17. The molecular weight excluding hydrogens is 162 g/mol. The first-order valence-electron chi connectivity index (χ1n) is 5.40. The smallest absolute Gasteiger partial charge is 0.0471 e.